The molecule has 2 aromatic rings. The van der Waals surface area contributed by atoms with Crippen molar-refractivity contribution < 1.29 is 27.5 Å². The van der Waals surface area contributed by atoms with Crippen LogP contribution in [0.2, 0.25) is 0 Å². The zero-order chi connectivity index (χ0) is 22.9. The molecule has 0 bridgehead atoms. The first kappa shape index (κ1) is 21.6. The average Bonchev–Trinajstić information content (AvgIpc) is 3.09. The SMILES string of the molecule is C[C@@H]1C(CC2NC(=O)NC2=O)=Cc2ccccc2N1S(=O)(=O)C(=O)OCc1ccccc1. The van der Waals surface area contributed by atoms with E-state index in [2.05, 4.69) is 10.6 Å². The van der Waals surface area contributed by atoms with Crippen LogP contribution in [0.3, 0.4) is 0 Å². The quantitative estimate of drug-likeness (QED) is 0.528. The third-order valence-electron chi connectivity index (χ3n) is 5.37. The molecule has 2 aliphatic rings. The molecule has 2 aliphatic heterocycles. The number of amides is 3. The van der Waals surface area contributed by atoms with Crippen LogP contribution in [0.15, 0.2) is 60.2 Å². The lowest BCUT2D eigenvalue weighted by atomic mass is 9.93. The van der Waals surface area contributed by atoms with E-state index < -0.39 is 39.3 Å². The number of imide groups is 1. The van der Waals surface area contributed by atoms with Gasteiger partial charge in [-0.2, -0.15) is 8.42 Å². The molecule has 0 aromatic heterocycles. The molecule has 32 heavy (non-hydrogen) atoms. The summed E-state index contributed by atoms with van der Waals surface area (Å²) in [5.74, 6) is -0.487. The Morgan fingerprint density at radius 2 is 1.75 bits per heavy atom. The normalized spacial score (nSPS) is 20.2. The number of carbonyl (C=O) groups is 3. The number of benzene rings is 2. The summed E-state index contributed by atoms with van der Waals surface area (Å²) in [6.45, 7) is 1.44. The molecule has 3 amide bonds. The first-order valence-electron chi connectivity index (χ1n) is 9.93. The van der Waals surface area contributed by atoms with E-state index in [1.807, 2.05) is 0 Å². The molecule has 2 N–H and O–H groups in total. The van der Waals surface area contributed by atoms with Crippen LogP contribution >= 0.6 is 0 Å². The van der Waals surface area contributed by atoms with Crippen molar-refractivity contribution in [2.24, 2.45) is 0 Å². The zero-order valence-corrected chi connectivity index (χ0v) is 18.0. The summed E-state index contributed by atoms with van der Waals surface area (Å²) < 4.78 is 32.6. The van der Waals surface area contributed by atoms with E-state index in [9.17, 15) is 22.8 Å². The Bertz CT molecular complexity index is 1210. The number of fused-ring (bicyclic) bond motifs is 1. The molecular weight excluding hydrogens is 434 g/mol. The molecule has 1 unspecified atom stereocenters. The van der Waals surface area contributed by atoms with Crippen LogP contribution in [-0.2, 0) is 26.2 Å². The Morgan fingerprint density at radius 1 is 1.06 bits per heavy atom. The van der Waals surface area contributed by atoms with Crippen molar-refractivity contribution in [2.45, 2.75) is 32.0 Å². The van der Waals surface area contributed by atoms with Crippen LogP contribution in [0.25, 0.3) is 6.08 Å². The molecule has 1 fully saturated rings. The number of ether oxygens (including phenoxy) is 1. The predicted octanol–water partition coefficient (Wildman–Crippen LogP) is 2.54. The van der Waals surface area contributed by atoms with Crippen LogP contribution in [0, 0.1) is 0 Å². The second-order valence-corrected chi connectivity index (χ2v) is 9.18. The second-order valence-electron chi connectivity index (χ2n) is 7.50. The molecule has 0 aliphatic carbocycles. The second kappa shape index (κ2) is 8.46. The van der Waals surface area contributed by atoms with Crippen LogP contribution in [-0.4, -0.2) is 37.7 Å². The fraction of sp³-hybridized carbons (Fsp3) is 0.227. The number of anilines is 1. The van der Waals surface area contributed by atoms with Gasteiger partial charge in [-0.05, 0) is 29.7 Å². The van der Waals surface area contributed by atoms with Gasteiger partial charge in [0, 0.05) is 6.42 Å². The summed E-state index contributed by atoms with van der Waals surface area (Å²) in [4.78, 5) is 36.1. The van der Waals surface area contributed by atoms with Gasteiger partial charge in [0.15, 0.2) is 0 Å². The number of hydrogen-bond donors (Lipinski definition) is 2. The summed E-state index contributed by atoms with van der Waals surface area (Å²) in [5.41, 5.74) is 2.14. The van der Waals surface area contributed by atoms with E-state index in [0.717, 1.165) is 4.31 Å². The van der Waals surface area contributed by atoms with Crippen LogP contribution in [0.1, 0.15) is 24.5 Å². The molecule has 0 saturated carbocycles. The Kier molecular flexibility index (Phi) is 5.70. The molecule has 1 saturated heterocycles. The first-order valence-corrected chi connectivity index (χ1v) is 11.4. The number of carbonyl (C=O) groups excluding carboxylic acids is 3. The van der Waals surface area contributed by atoms with Crippen molar-refractivity contribution >= 4 is 39.0 Å². The smallest absolute Gasteiger partial charge is 0.445 e. The van der Waals surface area contributed by atoms with Gasteiger partial charge in [-0.3, -0.25) is 14.4 Å². The Labute approximate surface area is 185 Å². The summed E-state index contributed by atoms with van der Waals surface area (Å²) in [6, 6.07) is 13.3. The van der Waals surface area contributed by atoms with Crippen LogP contribution in [0.4, 0.5) is 15.3 Å². The molecule has 9 nitrogen and oxygen atoms in total. The summed E-state index contributed by atoms with van der Waals surface area (Å²) in [7, 11) is -4.54. The van der Waals surface area contributed by atoms with Crippen LogP contribution in [0.5, 0.6) is 0 Å². The monoisotopic (exact) mass is 455 g/mol. The van der Waals surface area contributed by atoms with Gasteiger partial charge in [-0.1, -0.05) is 54.6 Å². The van der Waals surface area contributed by atoms with Crippen molar-refractivity contribution in [1.29, 1.82) is 0 Å². The number of para-hydroxylation sites is 1. The maximum absolute atomic E-state index is 13.3. The number of rotatable bonds is 5. The van der Waals surface area contributed by atoms with E-state index in [1.165, 1.54) is 0 Å². The minimum absolute atomic E-state index is 0.0954. The van der Waals surface area contributed by atoms with Gasteiger partial charge in [0.1, 0.15) is 12.6 Å². The Morgan fingerprint density at radius 3 is 2.44 bits per heavy atom. The van der Waals surface area contributed by atoms with E-state index in [4.69, 9.17) is 4.74 Å². The number of urea groups is 1. The van der Waals surface area contributed by atoms with Gasteiger partial charge in [-0.25, -0.2) is 9.59 Å². The summed E-state index contributed by atoms with van der Waals surface area (Å²) in [6.07, 6.45) is 1.87. The van der Waals surface area contributed by atoms with Gasteiger partial charge in [0.25, 0.3) is 5.91 Å². The minimum Gasteiger partial charge on any atom is -0.448 e. The maximum Gasteiger partial charge on any atom is 0.445 e. The highest BCUT2D eigenvalue weighted by Gasteiger charge is 2.41. The molecule has 166 valence electrons. The largest absolute Gasteiger partial charge is 0.448 e. The molecule has 0 spiro atoms. The zero-order valence-electron chi connectivity index (χ0n) is 17.1. The van der Waals surface area contributed by atoms with Crippen molar-refractivity contribution in [3.05, 3.63) is 71.3 Å². The maximum atomic E-state index is 13.3. The van der Waals surface area contributed by atoms with Crippen molar-refractivity contribution in [1.82, 2.24) is 10.6 Å². The topological polar surface area (TPSA) is 122 Å². The minimum atomic E-state index is -4.54. The van der Waals surface area contributed by atoms with E-state index >= 15 is 0 Å². The fourth-order valence-corrected chi connectivity index (χ4v) is 5.11. The molecule has 2 atom stereocenters. The standard InChI is InChI=1S/C22H21N3O6S/c1-14-17(12-18-20(26)24-21(27)23-18)11-16-9-5-6-10-19(16)25(14)32(29,30)22(28)31-13-15-7-3-2-4-8-15/h2-11,14,18H,12-13H2,1H3,(H2,23,24,26,27)/t14-,18?/m1/s1. The van der Waals surface area contributed by atoms with E-state index in [1.54, 1.807) is 67.6 Å². The fourth-order valence-electron chi connectivity index (χ4n) is 3.77. The van der Waals surface area contributed by atoms with E-state index in [0.29, 0.717) is 22.4 Å². The third kappa shape index (κ3) is 4.09. The highest BCUT2D eigenvalue weighted by Crippen LogP contribution is 2.37. The molecule has 2 heterocycles. The number of nitrogens with zero attached hydrogens (tertiary/aromatic N) is 1. The lowest BCUT2D eigenvalue weighted by Crippen LogP contribution is -2.46. The van der Waals surface area contributed by atoms with Gasteiger partial charge < -0.3 is 10.1 Å². The van der Waals surface area contributed by atoms with Crippen molar-refractivity contribution in [3.63, 3.8) is 0 Å². The number of nitrogens with one attached hydrogen (secondary N) is 2. The Balaban J connectivity index is 1.62. The van der Waals surface area contributed by atoms with Gasteiger partial charge in [0.2, 0.25) is 0 Å². The van der Waals surface area contributed by atoms with Gasteiger partial charge >= 0.3 is 21.4 Å². The number of sulfonamides is 1. The first-order chi connectivity index (χ1) is 15.3. The van der Waals surface area contributed by atoms with Gasteiger partial charge in [-0.15, -0.1) is 0 Å². The molecule has 4 rings (SSSR count). The molecular formula is C22H21N3O6S. The average molecular weight is 455 g/mol. The lowest BCUT2D eigenvalue weighted by Gasteiger charge is -2.36. The van der Waals surface area contributed by atoms with Crippen molar-refractivity contribution in [2.75, 3.05) is 4.31 Å². The lowest BCUT2D eigenvalue weighted by molar-refractivity contribution is -0.120. The summed E-state index contributed by atoms with van der Waals surface area (Å²) >= 11 is 0. The molecule has 2 aromatic carbocycles. The highest BCUT2D eigenvalue weighted by molar-refractivity contribution is 8.06. The molecule has 10 heteroatoms. The Hall–Kier alpha value is -3.66. The predicted molar refractivity (Wildman–Crippen MR) is 117 cm³/mol. The number of hydrogen-bond acceptors (Lipinski definition) is 6. The van der Waals surface area contributed by atoms with E-state index in [-0.39, 0.29) is 13.0 Å². The molecule has 0 radical (unpaired) electrons. The van der Waals surface area contributed by atoms with Crippen molar-refractivity contribution in [3.8, 4) is 0 Å². The third-order valence-corrected chi connectivity index (χ3v) is 6.94. The highest BCUT2D eigenvalue weighted by atomic mass is 32.2. The van der Waals surface area contributed by atoms with Gasteiger partial charge in [0.05, 0.1) is 11.7 Å². The summed E-state index contributed by atoms with van der Waals surface area (Å²) in [5, 5.41) is 3.31. The van der Waals surface area contributed by atoms with Crippen LogP contribution < -0.4 is 14.9 Å².